The summed E-state index contributed by atoms with van der Waals surface area (Å²) in [6, 6.07) is 0. The van der Waals surface area contributed by atoms with Crippen LogP contribution in [0.5, 0.6) is 0 Å². The Hall–Kier alpha value is -0.610. The summed E-state index contributed by atoms with van der Waals surface area (Å²) in [4.78, 5) is 13.8. The van der Waals surface area contributed by atoms with Gasteiger partial charge in [0.2, 0.25) is 5.91 Å². The first-order valence-electron chi connectivity index (χ1n) is 6.69. The van der Waals surface area contributed by atoms with Crippen LogP contribution < -0.4 is 5.32 Å². The maximum Gasteiger partial charge on any atom is 0.234 e. The van der Waals surface area contributed by atoms with Crippen LogP contribution in [-0.2, 0) is 4.79 Å². The molecule has 1 heterocycles. The van der Waals surface area contributed by atoms with Gasteiger partial charge >= 0.3 is 0 Å². The Balaban J connectivity index is 2.28. The largest absolute Gasteiger partial charge is 0.396 e. The van der Waals surface area contributed by atoms with E-state index in [1.807, 2.05) is 0 Å². The minimum atomic E-state index is -0.0258. The zero-order valence-electron chi connectivity index (χ0n) is 11.2. The molecule has 0 aromatic rings. The fourth-order valence-electron chi connectivity index (χ4n) is 2.35. The predicted octanol–water partition coefficient (Wildman–Crippen LogP) is 0.997. The van der Waals surface area contributed by atoms with Crippen molar-refractivity contribution < 1.29 is 9.90 Å². The average Bonchev–Trinajstić information content (AvgIpc) is 2.29. The van der Waals surface area contributed by atoms with Crippen LogP contribution in [-0.4, -0.2) is 48.7 Å². The lowest BCUT2D eigenvalue weighted by atomic mass is 9.83. The first kappa shape index (κ1) is 14.5. The van der Waals surface area contributed by atoms with Crippen molar-refractivity contribution in [1.29, 1.82) is 0 Å². The molecule has 1 aliphatic rings. The molecule has 17 heavy (non-hydrogen) atoms. The SMILES string of the molecule is CCCCNC(=O)CN1CCCC(C)(CO)C1. The first-order chi connectivity index (χ1) is 8.09. The Kier molecular flexibility index (Phi) is 5.92. The third kappa shape index (κ3) is 5.04. The molecule has 1 atom stereocenters. The monoisotopic (exact) mass is 242 g/mol. The number of piperidine rings is 1. The lowest BCUT2D eigenvalue weighted by Crippen LogP contribution is -2.47. The van der Waals surface area contributed by atoms with Gasteiger partial charge in [0.05, 0.1) is 6.54 Å². The molecule has 4 nitrogen and oxygen atoms in total. The number of aliphatic hydroxyl groups is 1. The predicted molar refractivity (Wildman–Crippen MR) is 68.8 cm³/mol. The van der Waals surface area contributed by atoms with Gasteiger partial charge in [0, 0.05) is 25.1 Å². The zero-order valence-corrected chi connectivity index (χ0v) is 11.2. The summed E-state index contributed by atoms with van der Waals surface area (Å²) < 4.78 is 0. The van der Waals surface area contributed by atoms with Gasteiger partial charge in [0.15, 0.2) is 0 Å². The van der Waals surface area contributed by atoms with E-state index in [0.29, 0.717) is 6.54 Å². The quantitative estimate of drug-likeness (QED) is 0.683. The molecule has 1 fully saturated rings. The van der Waals surface area contributed by atoms with Crippen LogP contribution in [0.4, 0.5) is 0 Å². The van der Waals surface area contributed by atoms with E-state index in [1.165, 1.54) is 0 Å². The number of rotatable bonds is 6. The van der Waals surface area contributed by atoms with E-state index in [4.69, 9.17) is 0 Å². The number of aliphatic hydroxyl groups excluding tert-OH is 1. The van der Waals surface area contributed by atoms with Crippen LogP contribution in [0, 0.1) is 5.41 Å². The van der Waals surface area contributed by atoms with Gasteiger partial charge in [-0.1, -0.05) is 20.3 Å². The summed E-state index contributed by atoms with van der Waals surface area (Å²) in [6.07, 6.45) is 4.27. The maximum atomic E-state index is 11.7. The molecule has 100 valence electrons. The summed E-state index contributed by atoms with van der Waals surface area (Å²) >= 11 is 0. The molecule has 2 N–H and O–H groups in total. The van der Waals surface area contributed by atoms with Crippen molar-refractivity contribution in [3.8, 4) is 0 Å². The Morgan fingerprint density at radius 2 is 2.29 bits per heavy atom. The van der Waals surface area contributed by atoms with Crippen LogP contribution in [0.3, 0.4) is 0 Å². The highest BCUT2D eigenvalue weighted by Crippen LogP contribution is 2.28. The van der Waals surface area contributed by atoms with E-state index >= 15 is 0 Å². The van der Waals surface area contributed by atoms with Crippen LogP contribution in [0.15, 0.2) is 0 Å². The normalized spacial score (nSPS) is 25.8. The Labute approximate surface area is 104 Å². The minimum Gasteiger partial charge on any atom is -0.396 e. The molecule has 0 saturated carbocycles. The van der Waals surface area contributed by atoms with Gasteiger partial charge in [-0.2, -0.15) is 0 Å². The molecule has 0 aromatic heterocycles. The van der Waals surface area contributed by atoms with Crippen LogP contribution in [0.1, 0.15) is 39.5 Å². The summed E-state index contributed by atoms with van der Waals surface area (Å²) in [5.41, 5.74) is -0.0258. The van der Waals surface area contributed by atoms with Crippen molar-refractivity contribution in [2.75, 3.05) is 32.8 Å². The van der Waals surface area contributed by atoms with Crippen molar-refractivity contribution in [2.24, 2.45) is 5.41 Å². The van der Waals surface area contributed by atoms with Gasteiger partial charge in [-0.05, 0) is 25.8 Å². The van der Waals surface area contributed by atoms with Crippen LogP contribution in [0.2, 0.25) is 0 Å². The average molecular weight is 242 g/mol. The zero-order chi connectivity index (χ0) is 12.7. The number of carbonyl (C=O) groups is 1. The molecule has 1 rings (SSSR count). The Bertz CT molecular complexity index is 246. The number of hydrogen-bond donors (Lipinski definition) is 2. The van der Waals surface area contributed by atoms with E-state index in [1.54, 1.807) is 0 Å². The van der Waals surface area contributed by atoms with Gasteiger partial charge < -0.3 is 10.4 Å². The molecule has 1 unspecified atom stereocenters. The molecule has 0 radical (unpaired) electrons. The van der Waals surface area contributed by atoms with Crippen molar-refractivity contribution in [3.05, 3.63) is 0 Å². The highest BCUT2D eigenvalue weighted by Gasteiger charge is 2.30. The first-order valence-corrected chi connectivity index (χ1v) is 6.69. The molecule has 0 aliphatic carbocycles. The van der Waals surface area contributed by atoms with Gasteiger partial charge in [0.25, 0.3) is 0 Å². The van der Waals surface area contributed by atoms with Gasteiger partial charge in [0.1, 0.15) is 0 Å². The molecule has 4 heteroatoms. The maximum absolute atomic E-state index is 11.7. The molecule has 1 amide bonds. The van der Waals surface area contributed by atoms with Crippen LogP contribution >= 0.6 is 0 Å². The molecule has 1 saturated heterocycles. The van der Waals surface area contributed by atoms with E-state index in [-0.39, 0.29) is 17.9 Å². The summed E-state index contributed by atoms with van der Waals surface area (Å²) in [7, 11) is 0. The molecule has 0 bridgehead atoms. The van der Waals surface area contributed by atoms with Gasteiger partial charge in [-0.25, -0.2) is 0 Å². The summed E-state index contributed by atoms with van der Waals surface area (Å²) in [5.74, 6) is 0.112. The number of nitrogens with one attached hydrogen (secondary N) is 1. The second-order valence-corrected chi connectivity index (χ2v) is 5.49. The second-order valence-electron chi connectivity index (χ2n) is 5.49. The van der Waals surface area contributed by atoms with Crippen molar-refractivity contribution in [2.45, 2.75) is 39.5 Å². The van der Waals surface area contributed by atoms with Crippen molar-refractivity contribution in [1.82, 2.24) is 10.2 Å². The minimum absolute atomic E-state index is 0.0258. The Morgan fingerprint density at radius 3 is 2.94 bits per heavy atom. The third-order valence-electron chi connectivity index (χ3n) is 3.46. The smallest absolute Gasteiger partial charge is 0.234 e. The number of carbonyl (C=O) groups excluding carboxylic acids is 1. The standard InChI is InChI=1S/C13H26N2O2/c1-3-4-7-14-12(17)9-15-8-5-6-13(2,10-15)11-16/h16H,3-11H2,1-2H3,(H,14,17). The lowest BCUT2D eigenvalue weighted by molar-refractivity contribution is -0.123. The molecule has 0 aromatic carbocycles. The lowest BCUT2D eigenvalue weighted by Gasteiger charge is -2.38. The van der Waals surface area contributed by atoms with E-state index in [9.17, 15) is 9.90 Å². The summed E-state index contributed by atoms with van der Waals surface area (Å²) in [5, 5.41) is 12.3. The fourth-order valence-corrected chi connectivity index (χ4v) is 2.35. The molecular weight excluding hydrogens is 216 g/mol. The number of amides is 1. The fraction of sp³-hybridized carbons (Fsp3) is 0.923. The second kappa shape index (κ2) is 6.97. The molecule has 1 aliphatic heterocycles. The number of hydrogen-bond acceptors (Lipinski definition) is 3. The van der Waals surface area contributed by atoms with Crippen molar-refractivity contribution >= 4 is 5.91 Å². The van der Waals surface area contributed by atoms with Crippen molar-refractivity contribution in [3.63, 3.8) is 0 Å². The van der Waals surface area contributed by atoms with E-state index in [2.05, 4.69) is 24.1 Å². The highest BCUT2D eigenvalue weighted by atomic mass is 16.3. The van der Waals surface area contributed by atoms with Gasteiger partial charge in [-0.3, -0.25) is 9.69 Å². The highest BCUT2D eigenvalue weighted by molar-refractivity contribution is 5.77. The number of nitrogens with zero attached hydrogens (tertiary/aromatic N) is 1. The molecule has 0 spiro atoms. The van der Waals surface area contributed by atoms with E-state index in [0.717, 1.165) is 45.3 Å². The van der Waals surface area contributed by atoms with E-state index < -0.39 is 0 Å². The number of unbranched alkanes of at least 4 members (excludes halogenated alkanes) is 1. The molecular formula is C13H26N2O2. The summed E-state index contributed by atoms with van der Waals surface area (Å²) in [6.45, 7) is 7.46. The van der Waals surface area contributed by atoms with Gasteiger partial charge in [-0.15, -0.1) is 0 Å². The number of likely N-dealkylation sites (tertiary alicyclic amines) is 1. The van der Waals surface area contributed by atoms with Crippen LogP contribution in [0.25, 0.3) is 0 Å². The topological polar surface area (TPSA) is 52.6 Å². The third-order valence-corrected chi connectivity index (χ3v) is 3.46. The Morgan fingerprint density at radius 1 is 1.53 bits per heavy atom.